The summed E-state index contributed by atoms with van der Waals surface area (Å²) in [6.07, 6.45) is 2.95. The quantitative estimate of drug-likeness (QED) is 0.715. The molecule has 0 saturated heterocycles. The van der Waals surface area contributed by atoms with Crippen LogP contribution in [-0.4, -0.2) is 34.9 Å². The molecule has 9 heteroatoms. The van der Waals surface area contributed by atoms with Crippen molar-refractivity contribution in [1.29, 1.82) is 0 Å². The van der Waals surface area contributed by atoms with Crippen LogP contribution in [0.3, 0.4) is 0 Å². The van der Waals surface area contributed by atoms with Crippen molar-refractivity contribution >= 4 is 15.8 Å². The zero-order valence-electron chi connectivity index (χ0n) is 11.2. The van der Waals surface area contributed by atoms with Crippen molar-refractivity contribution in [1.82, 2.24) is 25.7 Å². The van der Waals surface area contributed by atoms with Crippen molar-refractivity contribution in [2.24, 2.45) is 0 Å². The molecular formula is C11H16N6O2S. The van der Waals surface area contributed by atoms with Gasteiger partial charge in [0.15, 0.2) is 10.8 Å². The Labute approximate surface area is 117 Å². The molecule has 0 unspecified atom stereocenters. The van der Waals surface area contributed by atoms with Gasteiger partial charge >= 0.3 is 0 Å². The van der Waals surface area contributed by atoms with E-state index in [1.165, 1.54) is 18.5 Å². The lowest BCUT2D eigenvalue weighted by molar-refractivity contribution is 0.574. The fraction of sp³-hybridized carbons (Fsp3) is 0.364. The lowest BCUT2D eigenvalue weighted by Crippen LogP contribution is -2.24. The van der Waals surface area contributed by atoms with Gasteiger partial charge in [-0.25, -0.2) is 0 Å². The van der Waals surface area contributed by atoms with Gasteiger partial charge in [0, 0.05) is 24.3 Å². The van der Waals surface area contributed by atoms with Crippen molar-refractivity contribution in [2.45, 2.75) is 31.5 Å². The molecule has 3 N–H and O–H groups in total. The summed E-state index contributed by atoms with van der Waals surface area (Å²) in [6, 6.07) is 3.36. The minimum Gasteiger partial charge on any atom is -0.310 e. The predicted molar refractivity (Wildman–Crippen MR) is 73.4 cm³/mol. The van der Waals surface area contributed by atoms with Crippen LogP contribution >= 0.6 is 0 Å². The van der Waals surface area contributed by atoms with Gasteiger partial charge in [-0.05, 0) is 12.1 Å². The zero-order chi connectivity index (χ0) is 14.6. The number of aromatic nitrogens is 4. The lowest BCUT2D eigenvalue weighted by atomic mass is 10.3. The van der Waals surface area contributed by atoms with Gasteiger partial charge in [0.2, 0.25) is 0 Å². The summed E-state index contributed by atoms with van der Waals surface area (Å²) in [4.78, 5) is 0. The standard InChI is InChI=1S/C11H16N6O2S/c1-8(2)12-6-9-7-14-16-11(9)20(18,19)17-10-4-3-5-13-15-10/h3-5,7-8,12H,6H2,1-2H3,(H,14,16)(H,15,17). The van der Waals surface area contributed by atoms with Crippen LogP contribution in [0, 0.1) is 0 Å². The minimum absolute atomic E-state index is 0.0244. The van der Waals surface area contributed by atoms with Gasteiger partial charge in [0.05, 0.1) is 6.20 Å². The average Bonchev–Trinajstić information content (AvgIpc) is 2.86. The molecule has 0 atom stereocenters. The Bertz CT molecular complexity index is 653. The summed E-state index contributed by atoms with van der Waals surface area (Å²) in [7, 11) is -3.76. The first-order valence-corrected chi connectivity index (χ1v) is 7.53. The van der Waals surface area contributed by atoms with Crippen LogP contribution in [0.2, 0.25) is 0 Å². The third kappa shape index (κ3) is 3.52. The van der Waals surface area contributed by atoms with Crippen LogP contribution in [0.15, 0.2) is 29.6 Å². The van der Waals surface area contributed by atoms with E-state index < -0.39 is 10.0 Å². The summed E-state index contributed by atoms with van der Waals surface area (Å²) in [5, 5.41) is 16.8. The molecule has 108 valence electrons. The van der Waals surface area contributed by atoms with Crippen LogP contribution in [0.1, 0.15) is 19.4 Å². The van der Waals surface area contributed by atoms with Gasteiger partial charge in [-0.15, -0.1) is 5.10 Å². The Morgan fingerprint density at radius 2 is 2.20 bits per heavy atom. The smallest absolute Gasteiger partial charge is 0.280 e. The van der Waals surface area contributed by atoms with Crippen LogP contribution in [0.5, 0.6) is 0 Å². The van der Waals surface area contributed by atoms with Gasteiger partial charge in [-0.1, -0.05) is 13.8 Å². The number of nitrogens with one attached hydrogen (secondary N) is 3. The molecule has 0 bridgehead atoms. The molecular weight excluding hydrogens is 280 g/mol. The largest absolute Gasteiger partial charge is 0.310 e. The highest BCUT2D eigenvalue weighted by Crippen LogP contribution is 2.15. The summed E-state index contributed by atoms with van der Waals surface area (Å²) < 4.78 is 26.8. The number of nitrogens with zero attached hydrogens (tertiary/aromatic N) is 3. The van der Waals surface area contributed by atoms with E-state index in [1.807, 2.05) is 13.8 Å². The molecule has 0 amide bonds. The number of hydrogen-bond acceptors (Lipinski definition) is 6. The van der Waals surface area contributed by atoms with Gasteiger partial charge in [0.25, 0.3) is 10.0 Å². The van der Waals surface area contributed by atoms with Gasteiger partial charge in [-0.2, -0.15) is 18.6 Å². The summed E-state index contributed by atoms with van der Waals surface area (Å²) in [6.45, 7) is 4.36. The molecule has 2 rings (SSSR count). The second-order valence-corrected chi connectivity index (χ2v) is 6.09. The fourth-order valence-corrected chi connectivity index (χ4v) is 2.65. The molecule has 0 aliphatic carbocycles. The maximum Gasteiger partial charge on any atom is 0.280 e. The van der Waals surface area contributed by atoms with E-state index in [0.717, 1.165) is 0 Å². The average molecular weight is 296 g/mol. The van der Waals surface area contributed by atoms with E-state index in [-0.39, 0.29) is 16.9 Å². The number of anilines is 1. The van der Waals surface area contributed by atoms with Gasteiger partial charge in [0.1, 0.15) is 0 Å². The zero-order valence-corrected chi connectivity index (χ0v) is 12.0. The molecule has 0 aromatic carbocycles. The highest BCUT2D eigenvalue weighted by Gasteiger charge is 2.21. The van der Waals surface area contributed by atoms with Gasteiger partial charge < -0.3 is 5.32 Å². The van der Waals surface area contributed by atoms with E-state index in [1.54, 1.807) is 6.07 Å². The van der Waals surface area contributed by atoms with Crippen molar-refractivity contribution < 1.29 is 8.42 Å². The molecule has 2 aromatic heterocycles. The highest BCUT2D eigenvalue weighted by molar-refractivity contribution is 7.92. The van der Waals surface area contributed by atoms with E-state index in [9.17, 15) is 8.42 Å². The number of sulfonamides is 1. The topological polar surface area (TPSA) is 113 Å². The molecule has 2 heterocycles. The first-order valence-electron chi connectivity index (χ1n) is 6.05. The van der Waals surface area contributed by atoms with E-state index in [0.29, 0.717) is 12.1 Å². The molecule has 8 nitrogen and oxygen atoms in total. The highest BCUT2D eigenvalue weighted by atomic mass is 32.2. The number of hydrogen-bond donors (Lipinski definition) is 3. The second kappa shape index (κ2) is 5.97. The summed E-state index contributed by atoms with van der Waals surface area (Å²) >= 11 is 0. The molecule has 0 aliphatic heterocycles. The SMILES string of the molecule is CC(C)NCc1cn[nH]c1S(=O)(=O)Nc1cccnn1. The maximum absolute atomic E-state index is 12.3. The first-order chi connectivity index (χ1) is 9.49. The molecule has 0 saturated carbocycles. The van der Waals surface area contributed by atoms with Crippen molar-refractivity contribution in [3.8, 4) is 0 Å². The molecule has 0 radical (unpaired) electrons. The molecule has 20 heavy (non-hydrogen) atoms. The Morgan fingerprint density at radius 3 is 2.85 bits per heavy atom. The summed E-state index contributed by atoms with van der Waals surface area (Å²) in [5.74, 6) is 0.157. The molecule has 0 aliphatic rings. The molecule has 0 spiro atoms. The monoisotopic (exact) mass is 296 g/mol. The first kappa shape index (κ1) is 14.4. The van der Waals surface area contributed by atoms with Crippen molar-refractivity contribution in [3.05, 3.63) is 30.1 Å². The number of rotatable bonds is 6. The summed E-state index contributed by atoms with van der Waals surface area (Å²) in [5.41, 5.74) is 0.565. The Kier molecular flexibility index (Phi) is 4.30. The number of H-pyrrole nitrogens is 1. The Morgan fingerprint density at radius 1 is 1.40 bits per heavy atom. The second-order valence-electron chi connectivity index (χ2n) is 4.47. The number of aromatic amines is 1. The third-order valence-corrected chi connectivity index (χ3v) is 3.83. The third-order valence-electron chi connectivity index (χ3n) is 2.46. The predicted octanol–water partition coefficient (Wildman–Crippen LogP) is 0.498. The van der Waals surface area contributed by atoms with E-state index in [4.69, 9.17) is 0 Å². The fourth-order valence-electron chi connectivity index (χ4n) is 1.52. The van der Waals surface area contributed by atoms with E-state index >= 15 is 0 Å². The molecule has 0 fully saturated rings. The van der Waals surface area contributed by atoms with E-state index in [2.05, 4.69) is 30.4 Å². The Balaban J connectivity index is 2.20. The van der Waals surface area contributed by atoms with Crippen LogP contribution in [0.4, 0.5) is 5.82 Å². The van der Waals surface area contributed by atoms with Crippen LogP contribution in [0.25, 0.3) is 0 Å². The normalized spacial score (nSPS) is 11.8. The maximum atomic E-state index is 12.3. The molecule has 2 aromatic rings. The van der Waals surface area contributed by atoms with Crippen LogP contribution < -0.4 is 10.0 Å². The minimum atomic E-state index is -3.76. The van der Waals surface area contributed by atoms with Gasteiger partial charge in [-0.3, -0.25) is 9.82 Å². The van der Waals surface area contributed by atoms with Crippen LogP contribution in [-0.2, 0) is 16.6 Å². The van der Waals surface area contributed by atoms with Crippen molar-refractivity contribution in [2.75, 3.05) is 4.72 Å². The lowest BCUT2D eigenvalue weighted by Gasteiger charge is -2.09. The van der Waals surface area contributed by atoms with Crippen molar-refractivity contribution in [3.63, 3.8) is 0 Å². The Hall–Kier alpha value is -2.00.